The number of imidazole rings is 1. The Bertz CT molecular complexity index is 805. The Balaban J connectivity index is 2.02. The molecule has 1 aliphatic heterocycles. The Kier molecular flexibility index (Phi) is 2.67. The molecule has 4 rings (SSSR count). The van der Waals surface area contributed by atoms with E-state index in [1.807, 2.05) is 6.07 Å². The van der Waals surface area contributed by atoms with Gasteiger partial charge in [-0.1, -0.05) is 15.9 Å². The van der Waals surface area contributed by atoms with Crippen molar-refractivity contribution in [3.05, 3.63) is 52.3 Å². The van der Waals surface area contributed by atoms with E-state index in [0.29, 0.717) is 0 Å². The van der Waals surface area contributed by atoms with Crippen molar-refractivity contribution in [1.82, 2.24) is 9.55 Å². The van der Waals surface area contributed by atoms with Crippen LogP contribution in [0.25, 0.3) is 22.4 Å². The van der Waals surface area contributed by atoms with Gasteiger partial charge in [-0.15, -0.1) is 0 Å². The fourth-order valence-electron chi connectivity index (χ4n) is 2.96. The minimum atomic E-state index is -0.216. The smallest absolute Gasteiger partial charge is 0.141 e. The SMILES string of the molecule is Fc1ccc(-c2nc3ccc(Br)c4c3n2CCC4)cc1. The molecule has 0 fully saturated rings. The maximum atomic E-state index is 13.1. The zero-order valence-electron chi connectivity index (χ0n) is 10.7. The van der Waals surface area contributed by atoms with E-state index in [0.717, 1.165) is 40.8 Å². The highest BCUT2D eigenvalue weighted by molar-refractivity contribution is 9.10. The van der Waals surface area contributed by atoms with Gasteiger partial charge in [-0.25, -0.2) is 9.37 Å². The van der Waals surface area contributed by atoms with Crippen LogP contribution in [0.1, 0.15) is 12.0 Å². The zero-order valence-corrected chi connectivity index (χ0v) is 12.3. The Morgan fingerprint density at radius 1 is 1.10 bits per heavy atom. The summed E-state index contributed by atoms with van der Waals surface area (Å²) in [5.74, 6) is 0.714. The second-order valence-electron chi connectivity index (χ2n) is 5.09. The number of benzene rings is 2. The van der Waals surface area contributed by atoms with E-state index in [1.165, 1.54) is 23.2 Å². The summed E-state index contributed by atoms with van der Waals surface area (Å²) in [4.78, 5) is 4.75. The summed E-state index contributed by atoms with van der Waals surface area (Å²) in [6.07, 6.45) is 2.18. The van der Waals surface area contributed by atoms with Crippen molar-refractivity contribution in [1.29, 1.82) is 0 Å². The molecule has 2 heterocycles. The van der Waals surface area contributed by atoms with Crippen LogP contribution in [0.4, 0.5) is 4.39 Å². The van der Waals surface area contributed by atoms with Gasteiger partial charge < -0.3 is 4.57 Å². The molecule has 4 heteroatoms. The van der Waals surface area contributed by atoms with Crippen LogP contribution in [0.15, 0.2) is 40.9 Å². The molecular formula is C16H12BrFN2. The molecule has 0 saturated carbocycles. The Hall–Kier alpha value is -1.68. The molecule has 1 aromatic heterocycles. The predicted octanol–water partition coefficient (Wildman–Crippen LogP) is 4.55. The van der Waals surface area contributed by atoms with Gasteiger partial charge in [-0.2, -0.15) is 0 Å². The molecule has 0 N–H and O–H groups in total. The van der Waals surface area contributed by atoms with E-state index in [4.69, 9.17) is 4.98 Å². The van der Waals surface area contributed by atoms with E-state index >= 15 is 0 Å². The van der Waals surface area contributed by atoms with E-state index in [9.17, 15) is 4.39 Å². The first-order valence-corrected chi connectivity index (χ1v) is 7.47. The van der Waals surface area contributed by atoms with Crippen LogP contribution in [-0.2, 0) is 13.0 Å². The molecule has 100 valence electrons. The Morgan fingerprint density at radius 2 is 1.90 bits per heavy atom. The van der Waals surface area contributed by atoms with Crippen molar-refractivity contribution < 1.29 is 4.39 Å². The third-order valence-electron chi connectivity index (χ3n) is 3.87. The first kappa shape index (κ1) is 12.1. The van der Waals surface area contributed by atoms with E-state index in [2.05, 4.69) is 26.6 Å². The van der Waals surface area contributed by atoms with Gasteiger partial charge in [0.2, 0.25) is 0 Å². The molecule has 0 unspecified atom stereocenters. The maximum Gasteiger partial charge on any atom is 0.141 e. The number of hydrogen-bond acceptors (Lipinski definition) is 1. The summed E-state index contributed by atoms with van der Waals surface area (Å²) < 4.78 is 16.5. The van der Waals surface area contributed by atoms with Gasteiger partial charge in [0, 0.05) is 16.6 Å². The average molecular weight is 331 g/mol. The second-order valence-corrected chi connectivity index (χ2v) is 5.95. The molecular weight excluding hydrogens is 319 g/mol. The Labute approximate surface area is 124 Å². The van der Waals surface area contributed by atoms with Gasteiger partial charge in [0.25, 0.3) is 0 Å². The minimum absolute atomic E-state index is 0.216. The van der Waals surface area contributed by atoms with E-state index in [-0.39, 0.29) is 5.82 Å². The number of halogens is 2. The lowest BCUT2D eigenvalue weighted by Gasteiger charge is -2.17. The fraction of sp³-hybridized carbons (Fsp3) is 0.188. The normalized spacial score (nSPS) is 13.9. The maximum absolute atomic E-state index is 13.1. The van der Waals surface area contributed by atoms with Crippen LogP contribution in [0.5, 0.6) is 0 Å². The first-order chi connectivity index (χ1) is 9.74. The minimum Gasteiger partial charge on any atom is -0.324 e. The number of aryl methyl sites for hydroxylation is 2. The van der Waals surface area contributed by atoms with E-state index < -0.39 is 0 Å². The lowest BCUT2D eigenvalue weighted by Crippen LogP contribution is -2.09. The molecule has 0 saturated heterocycles. The lowest BCUT2D eigenvalue weighted by molar-refractivity contribution is 0.626. The highest BCUT2D eigenvalue weighted by Gasteiger charge is 2.20. The highest BCUT2D eigenvalue weighted by atomic mass is 79.9. The van der Waals surface area contributed by atoms with Crippen molar-refractivity contribution in [2.45, 2.75) is 19.4 Å². The van der Waals surface area contributed by atoms with Crippen LogP contribution in [0.2, 0.25) is 0 Å². The summed E-state index contributed by atoms with van der Waals surface area (Å²) in [7, 11) is 0. The lowest BCUT2D eigenvalue weighted by atomic mass is 10.0. The van der Waals surface area contributed by atoms with Crippen LogP contribution < -0.4 is 0 Å². The van der Waals surface area contributed by atoms with Crippen molar-refractivity contribution in [2.75, 3.05) is 0 Å². The van der Waals surface area contributed by atoms with Crippen LogP contribution in [0, 0.1) is 5.82 Å². The summed E-state index contributed by atoms with van der Waals surface area (Å²) in [6, 6.07) is 10.7. The van der Waals surface area contributed by atoms with Gasteiger partial charge in [-0.3, -0.25) is 0 Å². The summed E-state index contributed by atoms with van der Waals surface area (Å²) in [5, 5.41) is 0. The van der Waals surface area contributed by atoms with Crippen molar-refractivity contribution in [2.24, 2.45) is 0 Å². The second kappa shape index (κ2) is 4.42. The topological polar surface area (TPSA) is 17.8 Å². The molecule has 2 aromatic carbocycles. The largest absolute Gasteiger partial charge is 0.324 e. The molecule has 0 radical (unpaired) electrons. The van der Waals surface area contributed by atoms with Gasteiger partial charge in [0.1, 0.15) is 11.6 Å². The summed E-state index contributed by atoms with van der Waals surface area (Å²) in [6.45, 7) is 0.965. The van der Waals surface area contributed by atoms with Gasteiger partial charge in [-0.05, 0) is 54.8 Å². The van der Waals surface area contributed by atoms with Crippen molar-refractivity contribution in [3.63, 3.8) is 0 Å². The highest BCUT2D eigenvalue weighted by Crippen LogP contribution is 2.34. The molecule has 0 atom stereocenters. The molecule has 20 heavy (non-hydrogen) atoms. The first-order valence-electron chi connectivity index (χ1n) is 6.67. The third kappa shape index (κ3) is 1.71. The van der Waals surface area contributed by atoms with Gasteiger partial charge in [0.15, 0.2) is 0 Å². The molecule has 0 amide bonds. The van der Waals surface area contributed by atoms with Crippen LogP contribution in [0.3, 0.4) is 0 Å². The number of rotatable bonds is 1. The number of hydrogen-bond donors (Lipinski definition) is 0. The van der Waals surface area contributed by atoms with E-state index in [1.54, 1.807) is 12.1 Å². The monoisotopic (exact) mass is 330 g/mol. The summed E-state index contributed by atoms with van der Waals surface area (Å²) in [5.41, 5.74) is 4.52. The molecule has 0 spiro atoms. The molecule has 0 bridgehead atoms. The molecule has 2 nitrogen and oxygen atoms in total. The summed E-state index contributed by atoms with van der Waals surface area (Å²) >= 11 is 3.63. The van der Waals surface area contributed by atoms with Crippen molar-refractivity contribution in [3.8, 4) is 11.4 Å². The zero-order chi connectivity index (χ0) is 13.7. The van der Waals surface area contributed by atoms with Crippen molar-refractivity contribution >= 4 is 27.0 Å². The predicted molar refractivity (Wildman–Crippen MR) is 81.1 cm³/mol. The quantitative estimate of drug-likeness (QED) is 0.640. The fourth-order valence-corrected chi connectivity index (χ4v) is 3.48. The van der Waals surface area contributed by atoms with Gasteiger partial charge in [0.05, 0.1) is 11.0 Å². The molecule has 1 aliphatic rings. The van der Waals surface area contributed by atoms with Gasteiger partial charge >= 0.3 is 0 Å². The molecule has 0 aliphatic carbocycles. The van der Waals surface area contributed by atoms with Crippen LogP contribution >= 0.6 is 15.9 Å². The molecule has 3 aromatic rings. The van der Waals surface area contributed by atoms with Crippen LogP contribution in [-0.4, -0.2) is 9.55 Å². The third-order valence-corrected chi connectivity index (χ3v) is 4.61. The standard InChI is InChI=1S/C16H12BrFN2/c17-13-7-8-14-15-12(13)2-1-9-20(15)16(19-14)10-3-5-11(18)6-4-10/h3-8H,1-2,9H2. The number of nitrogens with zero attached hydrogens (tertiary/aromatic N) is 2. The Morgan fingerprint density at radius 3 is 2.70 bits per heavy atom. The average Bonchev–Trinajstić information content (AvgIpc) is 2.84. The number of aromatic nitrogens is 2.